The lowest BCUT2D eigenvalue weighted by Gasteiger charge is -2.23. The third-order valence-corrected chi connectivity index (χ3v) is 7.40. The predicted molar refractivity (Wildman–Crippen MR) is 154 cm³/mol. The van der Waals surface area contributed by atoms with E-state index in [0.29, 0.717) is 52.6 Å². The van der Waals surface area contributed by atoms with Gasteiger partial charge in [0.25, 0.3) is 0 Å². The number of carbonyl (C=O) groups is 1. The molecule has 2 heterocycles. The monoisotopic (exact) mass is 615 g/mol. The third kappa shape index (κ3) is 6.85. The van der Waals surface area contributed by atoms with Gasteiger partial charge in [0.1, 0.15) is 18.2 Å². The van der Waals surface area contributed by atoms with Crippen molar-refractivity contribution < 1.29 is 41.3 Å². The Morgan fingerprint density at radius 3 is 2.45 bits per heavy atom. The molecule has 12 heteroatoms. The molecule has 7 nitrogen and oxygen atoms in total. The molecule has 1 fully saturated rings. The quantitative estimate of drug-likeness (QED) is 0.113. The molecule has 5 rings (SSSR count). The second-order valence-electron chi connectivity index (χ2n) is 10.3. The summed E-state index contributed by atoms with van der Waals surface area (Å²) in [6.07, 6.45) is -3.61. The second kappa shape index (κ2) is 13.0. The number of halogens is 5. The number of nitrogens with one attached hydrogen (secondary N) is 1. The van der Waals surface area contributed by atoms with E-state index in [1.165, 1.54) is 4.68 Å². The van der Waals surface area contributed by atoms with E-state index in [9.17, 15) is 22.4 Å². The summed E-state index contributed by atoms with van der Waals surface area (Å²) in [5.41, 5.74) is 1.39. The maximum atomic E-state index is 15.3. The molecule has 0 radical (unpaired) electrons. The summed E-state index contributed by atoms with van der Waals surface area (Å²) < 4.78 is 83.7. The summed E-state index contributed by atoms with van der Waals surface area (Å²) in [7, 11) is 0. The Hall–Kier alpha value is -4.45. The molecular formula is C32H30F5N3O4. The van der Waals surface area contributed by atoms with Gasteiger partial charge in [0.15, 0.2) is 6.23 Å². The maximum absolute atomic E-state index is 15.3. The lowest BCUT2D eigenvalue weighted by atomic mass is 9.87. The number of amides is 1. The normalized spacial score (nSPS) is 16.1. The molecule has 4 aromatic rings. The first-order chi connectivity index (χ1) is 21.0. The number of allylic oxidation sites excluding steroid dienone is 1. The molecular weight excluding hydrogens is 585 g/mol. The van der Waals surface area contributed by atoms with Crippen molar-refractivity contribution in [3.8, 4) is 5.75 Å². The molecule has 1 atom stereocenters. The Balaban J connectivity index is 1.63. The number of nitrogens with zero attached hydrogens (tertiary/aromatic N) is 2. The van der Waals surface area contributed by atoms with Gasteiger partial charge in [-0.2, -0.15) is 17.6 Å². The van der Waals surface area contributed by atoms with Gasteiger partial charge in [0.05, 0.1) is 23.0 Å². The van der Waals surface area contributed by atoms with Crippen molar-refractivity contribution in [2.45, 2.75) is 45.0 Å². The second-order valence-corrected chi connectivity index (χ2v) is 10.3. The SMILES string of the molecule is CC/C(=C(/c1ccc(OCCNC(=O)O)cc1)c1ccc2c(c1)c(F)nn2C1CCCCO1)c1cc(F)cc(C(F)(F)F)c1. The van der Waals surface area contributed by atoms with Crippen LogP contribution in [-0.2, 0) is 10.9 Å². The van der Waals surface area contributed by atoms with E-state index < -0.39 is 35.8 Å². The fourth-order valence-corrected chi connectivity index (χ4v) is 5.41. The van der Waals surface area contributed by atoms with Gasteiger partial charge < -0.3 is 19.9 Å². The van der Waals surface area contributed by atoms with E-state index in [0.717, 1.165) is 25.0 Å². The van der Waals surface area contributed by atoms with Crippen LogP contribution >= 0.6 is 0 Å². The Morgan fingerprint density at radius 1 is 1.05 bits per heavy atom. The van der Waals surface area contributed by atoms with Gasteiger partial charge in [-0.3, -0.25) is 0 Å². The molecule has 1 aliphatic rings. The molecule has 1 aliphatic heterocycles. The van der Waals surface area contributed by atoms with Crippen LogP contribution < -0.4 is 10.1 Å². The molecule has 232 valence electrons. The van der Waals surface area contributed by atoms with E-state index in [4.69, 9.17) is 14.6 Å². The van der Waals surface area contributed by atoms with Gasteiger partial charge in [0.2, 0.25) is 5.95 Å². The fraction of sp³-hybridized carbons (Fsp3) is 0.312. The summed E-state index contributed by atoms with van der Waals surface area (Å²) in [6.45, 7) is 2.43. The smallest absolute Gasteiger partial charge is 0.416 e. The number of ether oxygens (including phenoxy) is 2. The molecule has 0 spiro atoms. The Morgan fingerprint density at radius 2 is 1.80 bits per heavy atom. The minimum atomic E-state index is -4.76. The molecule has 2 N–H and O–H groups in total. The number of fused-ring (bicyclic) bond motifs is 1. The van der Waals surface area contributed by atoms with E-state index in [1.807, 2.05) is 0 Å². The highest BCUT2D eigenvalue weighted by Gasteiger charge is 2.32. The highest BCUT2D eigenvalue weighted by atomic mass is 19.4. The summed E-state index contributed by atoms with van der Waals surface area (Å²) >= 11 is 0. The summed E-state index contributed by atoms with van der Waals surface area (Å²) in [5, 5.41) is 15.2. The van der Waals surface area contributed by atoms with Crippen LogP contribution in [0.15, 0.2) is 60.7 Å². The van der Waals surface area contributed by atoms with Crippen LogP contribution in [0.4, 0.5) is 26.7 Å². The van der Waals surface area contributed by atoms with Gasteiger partial charge in [-0.05, 0) is 96.0 Å². The number of benzene rings is 3. The summed E-state index contributed by atoms with van der Waals surface area (Å²) in [5.74, 6) is -1.31. The Kier molecular flexibility index (Phi) is 9.19. The number of hydrogen-bond acceptors (Lipinski definition) is 4. The predicted octanol–water partition coefficient (Wildman–Crippen LogP) is 8.05. The average Bonchev–Trinajstić information content (AvgIpc) is 3.33. The van der Waals surface area contributed by atoms with Crippen LogP contribution in [0.5, 0.6) is 5.75 Å². The molecule has 1 aromatic heterocycles. The Labute approximate surface area is 249 Å². The number of hydrogen-bond donors (Lipinski definition) is 2. The highest BCUT2D eigenvalue weighted by molar-refractivity contribution is 6.00. The van der Waals surface area contributed by atoms with E-state index in [1.54, 1.807) is 49.4 Å². The minimum absolute atomic E-state index is 0.0433. The molecule has 0 aliphatic carbocycles. The van der Waals surface area contributed by atoms with Crippen LogP contribution in [0.3, 0.4) is 0 Å². The molecule has 1 saturated heterocycles. The van der Waals surface area contributed by atoms with Crippen LogP contribution in [-0.4, -0.2) is 40.7 Å². The van der Waals surface area contributed by atoms with Crippen LogP contribution in [0, 0.1) is 11.8 Å². The zero-order chi connectivity index (χ0) is 31.4. The molecule has 44 heavy (non-hydrogen) atoms. The minimum Gasteiger partial charge on any atom is -0.492 e. The maximum Gasteiger partial charge on any atom is 0.416 e. The van der Waals surface area contributed by atoms with Gasteiger partial charge in [0, 0.05) is 6.61 Å². The van der Waals surface area contributed by atoms with Crippen LogP contribution in [0.25, 0.3) is 22.0 Å². The van der Waals surface area contributed by atoms with Crippen molar-refractivity contribution in [1.29, 1.82) is 0 Å². The molecule has 1 unspecified atom stereocenters. The number of carboxylic acid groups (broad SMARTS) is 1. The standard InChI is InChI=1S/C32H30F5N3O4/c1-2-25(21-15-22(32(35,36)37)18-23(33)16-21)29(19-6-9-24(10-7-19)43-14-12-38-31(41)42)20-8-11-27-26(17-20)30(34)39-40(27)28-5-3-4-13-44-28/h6-11,15-18,28,38H,2-5,12-14H2,1H3,(H,41,42)/b29-25+. The van der Waals surface area contributed by atoms with Gasteiger partial charge in [-0.1, -0.05) is 25.1 Å². The number of alkyl halides is 3. The van der Waals surface area contributed by atoms with Crippen molar-refractivity contribution >= 4 is 28.1 Å². The van der Waals surface area contributed by atoms with Crippen molar-refractivity contribution in [1.82, 2.24) is 15.1 Å². The number of rotatable bonds is 9. The summed E-state index contributed by atoms with van der Waals surface area (Å²) in [4.78, 5) is 10.7. The Bertz CT molecular complexity index is 1680. The number of aromatic nitrogens is 2. The average molecular weight is 616 g/mol. The molecule has 3 aromatic carbocycles. The topological polar surface area (TPSA) is 85.6 Å². The van der Waals surface area contributed by atoms with E-state index in [2.05, 4.69) is 10.4 Å². The largest absolute Gasteiger partial charge is 0.492 e. The lowest BCUT2D eigenvalue weighted by molar-refractivity contribution is -0.137. The first kappa shape index (κ1) is 31.0. The van der Waals surface area contributed by atoms with E-state index >= 15 is 4.39 Å². The third-order valence-electron chi connectivity index (χ3n) is 7.40. The fourth-order valence-electron chi connectivity index (χ4n) is 5.41. The molecule has 0 saturated carbocycles. The van der Waals surface area contributed by atoms with Crippen LogP contribution in [0.1, 0.15) is 61.1 Å². The van der Waals surface area contributed by atoms with Crippen LogP contribution in [0.2, 0.25) is 0 Å². The molecule has 1 amide bonds. The highest BCUT2D eigenvalue weighted by Crippen LogP contribution is 2.39. The van der Waals surface area contributed by atoms with Crippen molar-refractivity contribution in [3.05, 3.63) is 94.7 Å². The zero-order valence-electron chi connectivity index (χ0n) is 23.8. The van der Waals surface area contributed by atoms with Crippen molar-refractivity contribution in [3.63, 3.8) is 0 Å². The zero-order valence-corrected chi connectivity index (χ0v) is 23.8. The van der Waals surface area contributed by atoms with Gasteiger partial charge >= 0.3 is 12.3 Å². The summed E-state index contributed by atoms with van der Waals surface area (Å²) in [6, 6.07) is 14.1. The molecule has 0 bridgehead atoms. The lowest BCUT2D eigenvalue weighted by Crippen LogP contribution is -2.26. The van der Waals surface area contributed by atoms with Crippen molar-refractivity contribution in [2.75, 3.05) is 19.8 Å². The van der Waals surface area contributed by atoms with Crippen molar-refractivity contribution in [2.24, 2.45) is 0 Å². The first-order valence-corrected chi connectivity index (χ1v) is 14.2. The van der Waals surface area contributed by atoms with Gasteiger partial charge in [-0.25, -0.2) is 13.9 Å². The van der Waals surface area contributed by atoms with E-state index in [-0.39, 0.29) is 30.5 Å². The first-order valence-electron chi connectivity index (χ1n) is 14.2. The van der Waals surface area contributed by atoms with Gasteiger partial charge in [-0.15, -0.1) is 5.10 Å².